The maximum atomic E-state index is 6.07. The molecule has 0 spiro atoms. The number of nitrogens with zero attached hydrogens (tertiary/aromatic N) is 1. The first-order valence-corrected chi connectivity index (χ1v) is 9.37. The summed E-state index contributed by atoms with van der Waals surface area (Å²) in [6, 6.07) is 13.2. The number of fused-ring (bicyclic) bond motifs is 1. The number of methoxy groups -OCH3 is 1. The lowest BCUT2D eigenvalue weighted by atomic mass is 9.89. The molecule has 0 saturated carbocycles. The van der Waals surface area contributed by atoms with Crippen LogP contribution in [0.5, 0.6) is 11.5 Å². The average Bonchev–Trinajstić information content (AvgIpc) is 2.63. The molecule has 1 aliphatic heterocycles. The van der Waals surface area contributed by atoms with Crippen molar-refractivity contribution in [2.45, 2.75) is 25.8 Å². The van der Waals surface area contributed by atoms with E-state index in [1.807, 2.05) is 0 Å². The van der Waals surface area contributed by atoms with Crippen LogP contribution < -0.4 is 14.8 Å². The summed E-state index contributed by atoms with van der Waals surface area (Å²) in [6.45, 7) is 4.81. The lowest BCUT2D eigenvalue weighted by Gasteiger charge is -2.29. The van der Waals surface area contributed by atoms with E-state index in [0.717, 1.165) is 37.4 Å². The number of aryl methyl sites for hydroxylation is 1. The zero-order valence-electron chi connectivity index (χ0n) is 16.3. The first-order valence-electron chi connectivity index (χ1n) is 9.37. The van der Waals surface area contributed by atoms with Gasteiger partial charge in [0.05, 0.1) is 19.8 Å². The number of ether oxygens (including phenoxy) is 2. The van der Waals surface area contributed by atoms with Crippen molar-refractivity contribution in [2.24, 2.45) is 0 Å². The van der Waals surface area contributed by atoms with Gasteiger partial charge < -0.3 is 19.7 Å². The van der Waals surface area contributed by atoms with Crippen LogP contribution in [0.1, 0.15) is 34.7 Å². The lowest BCUT2D eigenvalue weighted by molar-refractivity contribution is 0.267. The lowest BCUT2D eigenvalue weighted by Crippen LogP contribution is -2.30. The summed E-state index contributed by atoms with van der Waals surface area (Å²) in [6.07, 6.45) is 2.00. The molecule has 1 atom stereocenters. The molecule has 26 heavy (non-hydrogen) atoms. The minimum absolute atomic E-state index is 0.202. The first kappa shape index (κ1) is 18.7. The smallest absolute Gasteiger partial charge is 0.161 e. The van der Waals surface area contributed by atoms with Gasteiger partial charge in [0.1, 0.15) is 0 Å². The van der Waals surface area contributed by atoms with Crippen LogP contribution in [-0.2, 0) is 6.42 Å². The molecule has 1 unspecified atom stereocenters. The minimum Gasteiger partial charge on any atom is -0.493 e. The second-order valence-corrected chi connectivity index (χ2v) is 7.26. The summed E-state index contributed by atoms with van der Waals surface area (Å²) in [5.41, 5.74) is 5.22. The highest BCUT2D eigenvalue weighted by Gasteiger charge is 2.24. The summed E-state index contributed by atoms with van der Waals surface area (Å²) in [5.74, 6) is 1.67. The van der Waals surface area contributed by atoms with Gasteiger partial charge in [0.2, 0.25) is 0 Å². The molecule has 0 aliphatic carbocycles. The van der Waals surface area contributed by atoms with Crippen molar-refractivity contribution in [1.29, 1.82) is 0 Å². The molecule has 0 radical (unpaired) electrons. The molecule has 0 aromatic heterocycles. The maximum Gasteiger partial charge on any atom is 0.161 e. The molecule has 0 saturated heterocycles. The third-order valence-corrected chi connectivity index (χ3v) is 4.86. The Labute approximate surface area is 157 Å². The molecule has 2 aromatic rings. The number of hydrogen-bond donors (Lipinski definition) is 1. The molecule has 1 heterocycles. The normalized spacial score (nSPS) is 16.4. The van der Waals surface area contributed by atoms with Gasteiger partial charge in [-0.1, -0.05) is 29.8 Å². The van der Waals surface area contributed by atoms with Gasteiger partial charge in [-0.3, -0.25) is 0 Å². The maximum absolute atomic E-state index is 6.07. The summed E-state index contributed by atoms with van der Waals surface area (Å²) in [5, 5.41) is 3.66. The van der Waals surface area contributed by atoms with Gasteiger partial charge in [0.25, 0.3) is 0 Å². The van der Waals surface area contributed by atoms with Crippen molar-refractivity contribution < 1.29 is 9.47 Å². The fourth-order valence-electron chi connectivity index (χ4n) is 3.55. The van der Waals surface area contributed by atoms with E-state index in [9.17, 15) is 0 Å². The molecule has 0 bridgehead atoms. The summed E-state index contributed by atoms with van der Waals surface area (Å²) < 4.78 is 11.7. The Morgan fingerprint density at radius 2 is 2.00 bits per heavy atom. The monoisotopic (exact) mass is 354 g/mol. The molecular weight excluding hydrogens is 324 g/mol. The zero-order valence-corrected chi connectivity index (χ0v) is 16.3. The van der Waals surface area contributed by atoms with E-state index in [-0.39, 0.29) is 6.04 Å². The van der Waals surface area contributed by atoms with E-state index in [4.69, 9.17) is 9.47 Å². The van der Waals surface area contributed by atoms with Gasteiger partial charge in [-0.05, 0) is 62.7 Å². The minimum atomic E-state index is 0.202. The first-order chi connectivity index (χ1) is 12.6. The van der Waals surface area contributed by atoms with Crippen molar-refractivity contribution >= 4 is 0 Å². The summed E-state index contributed by atoms with van der Waals surface area (Å²) in [7, 11) is 5.88. The Bertz CT molecular complexity index is 743. The predicted octanol–water partition coefficient (Wildman–Crippen LogP) is 3.57. The highest BCUT2D eigenvalue weighted by molar-refractivity contribution is 5.51. The fraction of sp³-hybridized carbons (Fsp3) is 0.455. The number of rotatable bonds is 7. The second-order valence-electron chi connectivity index (χ2n) is 7.26. The molecule has 0 amide bonds. The van der Waals surface area contributed by atoms with Crippen molar-refractivity contribution in [3.05, 3.63) is 58.7 Å². The SMILES string of the molecule is COc1cc2c(cc1OCCCN(C)C)C(c1cccc(C)c1)NCC2. The van der Waals surface area contributed by atoms with Crippen LogP contribution in [0, 0.1) is 6.92 Å². The van der Waals surface area contributed by atoms with Crippen LogP contribution in [0.15, 0.2) is 36.4 Å². The predicted molar refractivity (Wildman–Crippen MR) is 106 cm³/mol. The molecule has 0 fully saturated rings. The third kappa shape index (κ3) is 4.37. The van der Waals surface area contributed by atoms with E-state index in [2.05, 4.69) is 67.6 Å². The highest BCUT2D eigenvalue weighted by atomic mass is 16.5. The number of hydrogen-bond acceptors (Lipinski definition) is 4. The molecule has 1 aliphatic rings. The molecule has 4 heteroatoms. The Hall–Kier alpha value is -2.04. The number of benzene rings is 2. The molecule has 3 rings (SSSR count). The Morgan fingerprint density at radius 1 is 1.15 bits per heavy atom. The fourth-order valence-corrected chi connectivity index (χ4v) is 3.55. The van der Waals surface area contributed by atoms with Gasteiger partial charge >= 0.3 is 0 Å². The van der Waals surface area contributed by atoms with E-state index in [1.54, 1.807) is 7.11 Å². The Balaban J connectivity index is 1.87. The number of nitrogens with one attached hydrogen (secondary N) is 1. The van der Waals surface area contributed by atoms with Gasteiger partial charge in [0.15, 0.2) is 11.5 Å². The second kappa shape index (κ2) is 8.56. The van der Waals surface area contributed by atoms with E-state index in [0.29, 0.717) is 6.61 Å². The van der Waals surface area contributed by atoms with Crippen molar-refractivity contribution in [3.8, 4) is 11.5 Å². The summed E-state index contributed by atoms with van der Waals surface area (Å²) >= 11 is 0. The summed E-state index contributed by atoms with van der Waals surface area (Å²) in [4.78, 5) is 2.17. The molecule has 4 nitrogen and oxygen atoms in total. The zero-order chi connectivity index (χ0) is 18.5. The van der Waals surface area contributed by atoms with E-state index < -0.39 is 0 Å². The van der Waals surface area contributed by atoms with Crippen molar-refractivity contribution in [3.63, 3.8) is 0 Å². The Morgan fingerprint density at radius 3 is 2.73 bits per heavy atom. The van der Waals surface area contributed by atoms with E-state index in [1.165, 1.54) is 22.3 Å². The van der Waals surface area contributed by atoms with Crippen LogP contribution in [0.3, 0.4) is 0 Å². The van der Waals surface area contributed by atoms with Crippen molar-refractivity contribution in [1.82, 2.24) is 10.2 Å². The average molecular weight is 354 g/mol. The Kier molecular flexibility index (Phi) is 6.17. The van der Waals surface area contributed by atoms with Gasteiger partial charge in [0, 0.05) is 13.1 Å². The van der Waals surface area contributed by atoms with Crippen LogP contribution in [0.25, 0.3) is 0 Å². The molecular formula is C22H30N2O2. The standard InChI is InChI=1S/C22H30N2O2/c1-16-7-5-8-18(13-16)22-19-15-21(26-12-6-11-24(2)3)20(25-4)14-17(19)9-10-23-22/h5,7-8,13-15,22-23H,6,9-12H2,1-4H3. The van der Waals surface area contributed by atoms with Gasteiger partial charge in [-0.25, -0.2) is 0 Å². The van der Waals surface area contributed by atoms with Crippen LogP contribution in [-0.4, -0.2) is 45.8 Å². The molecule has 1 N–H and O–H groups in total. The van der Waals surface area contributed by atoms with Crippen LogP contribution >= 0.6 is 0 Å². The van der Waals surface area contributed by atoms with Crippen LogP contribution in [0.4, 0.5) is 0 Å². The van der Waals surface area contributed by atoms with Crippen LogP contribution in [0.2, 0.25) is 0 Å². The third-order valence-electron chi connectivity index (χ3n) is 4.86. The molecule has 2 aromatic carbocycles. The topological polar surface area (TPSA) is 33.7 Å². The largest absolute Gasteiger partial charge is 0.493 e. The quantitative estimate of drug-likeness (QED) is 0.771. The van der Waals surface area contributed by atoms with Crippen molar-refractivity contribution in [2.75, 3.05) is 40.9 Å². The van der Waals surface area contributed by atoms with E-state index >= 15 is 0 Å². The van der Waals surface area contributed by atoms with Gasteiger partial charge in [-0.15, -0.1) is 0 Å². The molecule has 140 valence electrons. The van der Waals surface area contributed by atoms with Gasteiger partial charge in [-0.2, -0.15) is 0 Å². The highest BCUT2D eigenvalue weighted by Crippen LogP contribution is 2.37.